The van der Waals surface area contributed by atoms with Crippen LogP contribution < -0.4 is 5.32 Å². The molecular formula is C18H17N5O3. The van der Waals surface area contributed by atoms with Crippen molar-refractivity contribution in [3.05, 3.63) is 48.2 Å². The quantitative estimate of drug-likeness (QED) is 0.532. The number of ether oxygens (including phenoxy) is 1. The third-order valence-corrected chi connectivity index (χ3v) is 4.20. The summed E-state index contributed by atoms with van der Waals surface area (Å²) in [5, 5.41) is 4.19. The number of benzene rings is 1. The summed E-state index contributed by atoms with van der Waals surface area (Å²) in [6.07, 6.45) is 3.70. The molecule has 0 saturated heterocycles. The molecule has 4 rings (SSSR count). The Kier molecular flexibility index (Phi) is 4.00. The third kappa shape index (κ3) is 2.85. The second-order valence-corrected chi connectivity index (χ2v) is 5.89. The van der Waals surface area contributed by atoms with Gasteiger partial charge in [0, 0.05) is 30.4 Å². The molecule has 8 nitrogen and oxygen atoms in total. The number of aromatic nitrogens is 4. The smallest absolute Gasteiger partial charge is 0.328 e. The summed E-state index contributed by atoms with van der Waals surface area (Å²) in [6, 6.07) is 7.30. The van der Waals surface area contributed by atoms with Crippen LogP contribution in [0.3, 0.4) is 0 Å². The van der Waals surface area contributed by atoms with Gasteiger partial charge in [-0.1, -0.05) is 18.2 Å². The SMILES string of the molecule is COC(=O)[C@H](Cc1c[nH]c2ccccc12)Nc1ncnc2oc(C)nc12. The summed E-state index contributed by atoms with van der Waals surface area (Å²) in [5.41, 5.74) is 2.88. The number of nitrogens with zero attached hydrogens (tertiary/aromatic N) is 3. The van der Waals surface area contributed by atoms with E-state index in [-0.39, 0.29) is 5.97 Å². The molecule has 26 heavy (non-hydrogen) atoms. The first-order chi connectivity index (χ1) is 12.7. The number of para-hydroxylation sites is 1. The molecule has 3 heterocycles. The van der Waals surface area contributed by atoms with Crippen LogP contribution in [0.15, 0.2) is 41.2 Å². The van der Waals surface area contributed by atoms with Crippen LogP contribution in [0.25, 0.3) is 22.1 Å². The molecule has 8 heteroatoms. The first-order valence-corrected chi connectivity index (χ1v) is 8.13. The van der Waals surface area contributed by atoms with Gasteiger partial charge in [-0.3, -0.25) is 0 Å². The van der Waals surface area contributed by atoms with Crippen molar-refractivity contribution >= 4 is 33.9 Å². The Hall–Kier alpha value is -3.42. The zero-order valence-electron chi connectivity index (χ0n) is 14.3. The fourth-order valence-corrected chi connectivity index (χ4v) is 2.98. The van der Waals surface area contributed by atoms with Gasteiger partial charge in [0.15, 0.2) is 17.2 Å². The highest BCUT2D eigenvalue weighted by atomic mass is 16.5. The molecule has 3 aromatic heterocycles. The van der Waals surface area contributed by atoms with Crippen LogP contribution >= 0.6 is 0 Å². The lowest BCUT2D eigenvalue weighted by Gasteiger charge is -2.16. The lowest BCUT2D eigenvalue weighted by molar-refractivity contribution is -0.141. The minimum atomic E-state index is -0.630. The maximum Gasteiger partial charge on any atom is 0.328 e. The van der Waals surface area contributed by atoms with E-state index in [0.717, 1.165) is 16.5 Å². The summed E-state index contributed by atoms with van der Waals surface area (Å²) in [6.45, 7) is 1.73. The normalized spacial score (nSPS) is 12.4. The monoisotopic (exact) mass is 351 g/mol. The first kappa shape index (κ1) is 16.1. The minimum absolute atomic E-state index is 0.371. The molecule has 0 spiro atoms. The van der Waals surface area contributed by atoms with E-state index < -0.39 is 6.04 Å². The van der Waals surface area contributed by atoms with Crippen LogP contribution in [0.1, 0.15) is 11.5 Å². The zero-order chi connectivity index (χ0) is 18.1. The Morgan fingerprint density at radius 3 is 3.04 bits per heavy atom. The fourth-order valence-electron chi connectivity index (χ4n) is 2.98. The molecule has 0 amide bonds. The summed E-state index contributed by atoms with van der Waals surface area (Å²) >= 11 is 0. The lowest BCUT2D eigenvalue weighted by Crippen LogP contribution is -2.33. The van der Waals surface area contributed by atoms with Crippen molar-refractivity contribution in [1.29, 1.82) is 0 Å². The van der Waals surface area contributed by atoms with Gasteiger partial charge in [0.05, 0.1) is 7.11 Å². The van der Waals surface area contributed by atoms with Gasteiger partial charge in [-0.25, -0.2) is 14.8 Å². The summed E-state index contributed by atoms with van der Waals surface area (Å²) in [5.74, 6) is 0.527. The predicted molar refractivity (Wildman–Crippen MR) is 95.8 cm³/mol. The highest BCUT2D eigenvalue weighted by Crippen LogP contribution is 2.23. The Balaban J connectivity index is 1.68. The number of aromatic amines is 1. The lowest BCUT2D eigenvalue weighted by atomic mass is 10.0. The number of carbonyl (C=O) groups excluding carboxylic acids is 1. The van der Waals surface area contributed by atoms with Crippen molar-refractivity contribution in [1.82, 2.24) is 19.9 Å². The van der Waals surface area contributed by atoms with Crippen LogP contribution in [0.5, 0.6) is 0 Å². The molecule has 0 aliphatic rings. The molecule has 4 aromatic rings. The Bertz CT molecular complexity index is 1080. The highest BCUT2D eigenvalue weighted by molar-refractivity contribution is 5.87. The van der Waals surface area contributed by atoms with Gasteiger partial charge in [-0.2, -0.15) is 4.98 Å². The van der Waals surface area contributed by atoms with E-state index in [1.54, 1.807) is 6.92 Å². The molecule has 0 radical (unpaired) electrons. The molecule has 0 aliphatic carbocycles. The van der Waals surface area contributed by atoms with Gasteiger partial charge in [0.25, 0.3) is 5.71 Å². The van der Waals surface area contributed by atoms with Gasteiger partial charge in [0.2, 0.25) is 0 Å². The van der Waals surface area contributed by atoms with Crippen LogP contribution in [-0.2, 0) is 16.0 Å². The van der Waals surface area contributed by atoms with Crippen LogP contribution in [0, 0.1) is 6.92 Å². The molecule has 0 fully saturated rings. The number of aryl methyl sites for hydroxylation is 1. The number of rotatable bonds is 5. The molecule has 0 aliphatic heterocycles. The maximum atomic E-state index is 12.3. The largest absolute Gasteiger partial charge is 0.467 e. The molecule has 0 unspecified atom stereocenters. The second kappa shape index (κ2) is 6.47. The minimum Gasteiger partial charge on any atom is -0.467 e. The number of nitrogens with one attached hydrogen (secondary N) is 2. The zero-order valence-corrected chi connectivity index (χ0v) is 14.3. The van der Waals surface area contributed by atoms with E-state index in [4.69, 9.17) is 9.15 Å². The van der Waals surface area contributed by atoms with E-state index in [1.165, 1.54) is 13.4 Å². The van der Waals surface area contributed by atoms with Crippen molar-refractivity contribution in [2.24, 2.45) is 0 Å². The van der Waals surface area contributed by atoms with Gasteiger partial charge in [-0.15, -0.1) is 0 Å². The van der Waals surface area contributed by atoms with E-state index >= 15 is 0 Å². The van der Waals surface area contributed by atoms with Crippen LogP contribution in [-0.4, -0.2) is 39.1 Å². The number of H-pyrrole nitrogens is 1. The van der Waals surface area contributed by atoms with Crippen molar-refractivity contribution in [2.75, 3.05) is 12.4 Å². The number of methoxy groups -OCH3 is 1. The van der Waals surface area contributed by atoms with Crippen molar-refractivity contribution in [3.63, 3.8) is 0 Å². The average molecular weight is 351 g/mol. The standard InChI is InChI=1S/C18H17N5O3/c1-10-22-15-16(20-9-21-17(15)26-10)23-14(18(24)25-2)7-11-8-19-13-6-4-3-5-12(11)13/h3-6,8-9,14,19H,7H2,1-2H3,(H,20,21,23)/t14-/m0/s1. The number of carbonyl (C=O) groups is 1. The topological polar surface area (TPSA) is 106 Å². The van der Waals surface area contributed by atoms with Crippen LogP contribution in [0.2, 0.25) is 0 Å². The summed E-state index contributed by atoms with van der Waals surface area (Å²) in [4.78, 5) is 28.1. The Labute approximate surface area is 148 Å². The van der Waals surface area contributed by atoms with Gasteiger partial charge in [0.1, 0.15) is 12.4 Å². The number of hydrogen-bond acceptors (Lipinski definition) is 7. The van der Waals surface area contributed by atoms with Crippen molar-refractivity contribution in [2.45, 2.75) is 19.4 Å². The van der Waals surface area contributed by atoms with Crippen molar-refractivity contribution in [3.8, 4) is 0 Å². The highest BCUT2D eigenvalue weighted by Gasteiger charge is 2.23. The number of hydrogen-bond donors (Lipinski definition) is 2. The molecule has 1 atom stereocenters. The fraction of sp³-hybridized carbons (Fsp3) is 0.222. The number of esters is 1. The molecular weight excluding hydrogens is 334 g/mol. The van der Waals surface area contributed by atoms with Gasteiger partial charge >= 0.3 is 5.97 Å². The molecule has 2 N–H and O–H groups in total. The summed E-state index contributed by atoms with van der Waals surface area (Å²) < 4.78 is 10.4. The molecule has 0 saturated carbocycles. The van der Waals surface area contributed by atoms with Crippen LogP contribution in [0.4, 0.5) is 5.82 Å². The second-order valence-electron chi connectivity index (χ2n) is 5.89. The first-order valence-electron chi connectivity index (χ1n) is 8.13. The van der Waals surface area contributed by atoms with Crippen molar-refractivity contribution < 1.29 is 13.9 Å². The third-order valence-electron chi connectivity index (χ3n) is 4.20. The molecule has 0 bridgehead atoms. The van der Waals surface area contributed by atoms with Gasteiger partial charge < -0.3 is 19.5 Å². The number of anilines is 1. The van der Waals surface area contributed by atoms with Gasteiger partial charge in [-0.05, 0) is 11.6 Å². The predicted octanol–water partition coefficient (Wildman–Crippen LogP) is 2.60. The Morgan fingerprint density at radius 1 is 1.35 bits per heavy atom. The summed E-state index contributed by atoms with van der Waals surface area (Å²) in [7, 11) is 1.36. The van der Waals surface area contributed by atoms with E-state index in [2.05, 4.69) is 25.3 Å². The number of fused-ring (bicyclic) bond motifs is 2. The van der Waals surface area contributed by atoms with E-state index in [1.807, 2.05) is 30.5 Å². The Morgan fingerprint density at radius 2 is 2.19 bits per heavy atom. The molecule has 1 aromatic carbocycles. The average Bonchev–Trinajstić information content (AvgIpc) is 3.24. The van der Waals surface area contributed by atoms with E-state index in [0.29, 0.717) is 29.4 Å². The molecule has 132 valence electrons. The number of oxazole rings is 1. The maximum absolute atomic E-state index is 12.3. The van der Waals surface area contributed by atoms with E-state index in [9.17, 15) is 4.79 Å².